The molecule has 0 aliphatic rings. The van der Waals surface area contributed by atoms with E-state index in [1.165, 1.54) is 0 Å². The van der Waals surface area contributed by atoms with Gasteiger partial charge in [0.1, 0.15) is 5.75 Å². The van der Waals surface area contributed by atoms with Gasteiger partial charge >= 0.3 is 0 Å². The summed E-state index contributed by atoms with van der Waals surface area (Å²) in [6, 6.07) is 15.4. The predicted molar refractivity (Wildman–Crippen MR) is 119 cm³/mol. The Labute approximate surface area is 179 Å². The van der Waals surface area contributed by atoms with Crippen LogP contribution < -0.4 is 14.8 Å². The van der Waals surface area contributed by atoms with Crippen LogP contribution in [-0.4, -0.2) is 45.6 Å². The second-order valence-electron chi connectivity index (χ2n) is 6.93. The summed E-state index contributed by atoms with van der Waals surface area (Å²) in [5, 5.41) is 2.70. The molecule has 0 heterocycles. The van der Waals surface area contributed by atoms with E-state index >= 15 is 0 Å². The number of rotatable bonds is 13. The fourth-order valence-corrected chi connectivity index (χ4v) is 4.29. The zero-order valence-electron chi connectivity index (χ0n) is 17.7. The molecular formula is C23H31NO5S. The molecule has 0 saturated heterocycles. The number of ether oxygens (including phenoxy) is 2. The topological polar surface area (TPSA) is 81.7 Å². The van der Waals surface area contributed by atoms with Crippen LogP contribution in [0.5, 0.6) is 11.5 Å². The van der Waals surface area contributed by atoms with E-state index in [0.29, 0.717) is 50.5 Å². The standard InChI is InChI=1S/C23H31NO5S/c1-3-28-21-13-12-20(17-22(21)29-4-2)14-15-24-23(25)18-30(26,27)16-8-11-19-9-6-5-7-10-19/h5-7,9-10,12-13,17H,3-4,8,11,14-16,18H2,1-2H3,(H,24,25). The van der Waals surface area contributed by atoms with Crippen molar-refractivity contribution in [3.8, 4) is 11.5 Å². The minimum Gasteiger partial charge on any atom is -0.490 e. The molecule has 0 aromatic heterocycles. The van der Waals surface area contributed by atoms with Crippen molar-refractivity contribution >= 4 is 15.7 Å². The maximum atomic E-state index is 12.2. The average Bonchev–Trinajstić information content (AvgIpc) is 2.70. The van der Waals surface area contributed by atoms with E-state index in [1.54, 1.807) is 0 Å². The normalized spacial score (nSPS) is 11.1. The minimum atomic E-state index is -3.42. The van der Waals surface area contributed by atoms with Gasteiger partial charge in [0.15, 0.2) is 21.3 Å². The Kier molecular flexibility index (Phi) is 9.67. The maximum absolute atomic E-state index is 12.2. The number of aryl methyl sites for hydroxylation is 1. The smallest absolute Gasteiger partial charge is 0.235 e. The van der Waals surface area contributed by atoms with E-state index in [1.807, 2.05) is 62.4 Å². The van der Waals surface area contributed by atoms with Gasteiger partial charge in [0.25, 0.3) is 0 Å². The SMILES string of the molecule is CCOc1ccc(CCNC(=O)CS(=O)(=O)CCCc2ccccc2)cc1OCC. The lowest BCUT2D eigenvalue weighted by molar-refractivity contribution is -0.118. The molecular weight excluding hydrogens is 402 g/mol. The number of carbonyl (C=O) groups is 1. The van der Waals surface area contributed by atoms with E-state index in [9.17, 15) is 13.2 Å². The number of carbonyl (C=O) groups excluding carboxylic acids is 1. The second-order valence-corrected chi connectivity index (χ2v) is 9.11. The molecule has 1 amide bonds. The van der Waals surface area contributed by atoms with Crippen molar-refractivity contribution < 1.29 is 22.7 Å². The molecule has 0 fully saturated rings. The highest BCUT2D eigenvalue weighted by molar-refractivity contribution is 7.92. The van der Waals surface area contributed by atoms with Gasteiger partial charge in [-0.1, -0.05) is 36.4 Å². The number of hydrogen-bond donors (Lipinski definition) is 1. The number of amides is 1. The lowest BCUT2D eigenvalue weighted by Gasteiger charge is -2.12. The first-order chi connectivity index (χ1) is 14.4. The quantitative estimate of drug-likeness (QED) is 0.525. The second kappa shape index (κ2) is 12.2. The van der Waals surface area contributed by atoms with Gasteiger partial charge < -0.3 is 14.8 Å². The average molecular weight is 434 g/mol. The molecule has 0 bridgehead atoms. The lowest BCUT2D eigenvalue weighted by atomic mass is 10.1. The summed E-state index contributed by atoms with van der Waals surface area (Å²) >= 11 is 0. The van der Waals surface area contributed by atoms with Crippen LogP contribution in [0, 0.1) is 0 Å². The molecule has 6 nitrogen and oxygen atoms in total. The Balaban J connectivity index is 1.76. The summed E-state index contributed by atoms with van der Waals surface area (Å²) in [5.74, 6) is 0.421. The third-order valence-electron chi connectivity index (χ3n) is 4.46. The monoisotopic (exact) mass is 433 g/mol. The molecule has 0 unspecified atom stereocenters. The predicted octanol–water partition coefficient (Wildman–Crippen LogP) is 3.19. The third-order valence-corrected chi connectivity index (χ3v) is 6.07. The van der Waals surface area contributed by atoms with Crippen molar-refractivity contribution in [1.82, 2.24) is 5.32 Å². The molecule has 2 aromatic carbocycles. The highest BCUT2D eigenvalue weighted by Crippen LogP contribution is 2.28. The van der Waals surface area contributed by atoms with Gasteiger partial charge in [-0.3, -0.25) is 4.79 Å². The Bertz CT molecular complexity index is 897. The van der Waals surface area contributed by atoms with E-state index < -0.39 is 21.5 Å². The summed E-state index contributed by atoms with van der Waals surface area (Å²) < 4.78 is 35.5. The van der Waals surface area contributed by atoms with Crippen molar-refractivity contribution in [3.63, 3.8) is 0 Å². The van der Waals surface area contributed by atoms with Gasteiger partial charge in [-0.05, 0) is 56.4 Å². The molecule has 2 rings (SSSR count). The number of hydrogen-bond acceptors (Lipinski definition) is 5. The van der Waals surface area contributed by atoms with E-state index in [2.05, 4.69) is 5.32 Å². The van der Waals surface area contributed by atoms with Gasteiger partial charge in [0.05, 0.1) is 19.0 Å². The van der Waals surface area contributed by atoms with Crippen LogP contribution in [0.1, 0.15) is 31.4 Å². The van der Waals surface area contributed by atoms with Gasteiger partial charge in [-0.25, -0.2) is 8.42 Å². The van der Waals surface area contributed by atoms with E-state index in [4.69, 9.17) is 9.47 Å². The minimum absolute atomic E-state index is 0.00587. The van der Waals surface area contributed by atoms with Crippen LogP contribution in [0.15, 0.2) is 48.5 Å². The van der Waals surface area contributed by atoms with Gasteiger partial charge in [0, 0.05) is 6.54 Å². The number of benzene rings is 2. The number of nitrogens with one attached hydrogen (secondary N) is 1. The highest BCUT2D eigenvalue weighted by Gasteiger charge is 2.16. The lowest BCUT2D eigenvalue weighted by Crippen LogP contribution is -2.32. The Morgan fingerprint density at radius 1 is 0.900 bits per heavy atom. The van der Waals surface area contributed by atoms with Crippen LogP contribution in [-0.2, 0) is 27.5 Å². The van der Waals surface area contributed by atoms with E-state index in [-0.39, 0.29) is 5.75 Å². The summed E-state index contributed by atoms with van der Waals surface area (Å²) in [6.45, 7) is 5.26. The maximum Gasteiger partial charge on any atom is 0.235 e. The van der Waals surface area contributed by atoms with Crippen LogP contribution in [0.2, 0.25) is 0 Å². The van der Waals surface area contributed by atoms with Crippen LogP contribution in [0.3, 0.4) is 0 Å². The van der Waals surface area contributed by atoms with Crippen LogP contribution in [0.4, 0.5) is 0 Å². The van der Waals surface area contributed by atoms with Crippen molar-refractivity contribution in [1.29, 1.82) is 0 Å². The first kappa shape index (κ1) is 23.7. The van der Waals surface area contributed by atoms with Crippen LogP contribution in [0.25, 0.3) is 0 Å². The van der Waals surface area contributed by atoms with Gasteiger partial charge in [-0.2, -0.15) is 0 Å². The molecule has 0 aliphatic carbocycles. The molecule has 2 aromatic rings. The summed E-state index contributed by atoms with van der Waals surface area (Å²) in [5.41, 5.74) is 2.08. The summed E-state index contributed by atoms with van der Waals surface area (Å²) in [7, 11) is -3.42. The van der Waals surface area contributed by atoms with E-state index in [0.717, 1.165) is 11.1 Å². The molecule has 0 aliphatic heterocycles. The first-order valence-electron chi connectivity index (χ1n) is 10.3. The summed E-state index contributed by atoms with van der Waals surface area (Å²) in [4.78, 5) is 12.1. The largest absolute Gasteiger partial charge is 0.490 e. The van der Waals surface area contributed by atoms with Crippen molar-refractivity contribution in [3.05, 3.63) is 59.7 Å². The van der Waals surface area contributed by atoms with Crippen molar-refractivity contribution in [2.24, 2.45) is 0 Å². The Morgan fingerprint density at radius 3 is 2.30 bits per heavy atom. The molecule has 0 atom stereocenters. The summed E-state index contributed by atoms with van der Waals surface area (Å²) in [6.07, 6.45) is 1.76. The zero-order chi connectivity index (χ0) is 21.8. The fourth-order valence-electron chi connectivity index (χ4n) is 3.06. The van der Waals surface area contributed by atoms with Crippen LogP contribution >= 0.6 is 0 Å². The molecule has 164 valence electrons. The molecule has 7 heteroatoms. The number of sulfone groups is 1. The van der Waals surface area contributed by atoms with Gasteiger partial charge in [-0.15, -0.1) is 0 Å². The molecule has 1 N–H and O–H groups in total. The fraction of sp³-hybridized carbons (Fsp3) is 0.435. The molecule has 0 spiro atoms. The Hall–Kier alpha value is -2.54. The Morgan fingerprint density at radius 2 is 1.60 bits per heavy atom. The first-order valence-corrected chi connectivity index (χ1v) is 12.1. The highest BCUT2D eigenvalue weighted by atomic mass is 32.2. The van der Waals surface area contributed by atoms with Gasteiger partial charge in [0.2, 0.25) is 5.91 Å². The third kappa shape index (κ3) is 8.45. The van der Waals surface area contributed by atoms with Crippen molar-refractivity contribution in [2.75, 3.05) is 31.3 Å². The molecule has 30 heavy (non-hydrogen) atoms. The molecule has 0 saturated carbocycles. The molecule has 0 radical (unpaired) electrons. The zero-order valence-corrected chi connectivity index (χ0v) is 18.5. The van der Waals surface area contributed by atoms with Crippen molar-refractivity contribution in [2.45, 2.75) is 33.1 Å².